The molecule has 3 nitrogen and oxygen atoms in total. The first kappa shape index (κ1) is 10.9. The SMILES string of the molecule is CC(C)c1cccc(C/N=N/[SiH3])c1O. The van der Waals surface area contributed by atoms with E-state index >= 15 is 0 Å². The molecule has 0 saturated heterocycles. The molecule has 1 aromatic carbocycles. The number of phenols is 1. The first-order valence-corrected chi connectivity index (χ1v) is 5.62. The summed E-state index contributed by atoms with van der Waals surface area (Å²) in [7, 11) is 0.719. The second kappa shape index (κ2) is 4.90. The van der Waals surface area contributed by atoms with Gasteiger partial charge in [-0.05, 0) is 11.5 Å². The van der Waals surface area contributed by atoms with Gasteiger partial charge in [0.2, 0.25) is 0 Å². The summed E-state index contributed by atoms with van der Waals surface area (Å²) in [5.41, 5.74) is 1.84. The molecule has 0 aliphatic heterocycles. The van der Waals surface area contributed by atoms with Crippen LogP contribution < -0.4 is 0 Å². The molecule has 0 unspecified atom stereocenters. The maximum absolute atomic E-state index is 9.90. The summed E-state index contributed by atoms with van der Waals surface area (Å²) in [6.07, 6.45) is 0. The van der Waals surface area contributed by atoms with Crippen LogP contribution in [0.2, 0.25) is 0 Å². The molecule has 14 heavy (non-hydrogen) atoms. The number of aromatic hydroxyl groups is 1. The van der Waals surface area contributed by atoms with Crippen LogP contribution in [-0.2, 0) is 6.54 Å². The van der Waals surface area contributed by atoms with Crippen LogP contribution in [0.4, 0.5) is 0 Å². The first-order chi connectivity index (χ1) is 6.66. The Bertz CT molecular complexity index is 337. The summed E-state index contributed by atoms with van der Waals surface area (Å²) in [4.78, 5) is 0. The Morgan fingerprint density at radius 2 is 2.14 bits per heavy atom. The second-order valence-corrected chi connectivity index (χ2v) is 3.91. The van der Waals surface area contributed by atoms with Gasteiger partial charge in [-0.1, -0.05) is 32.0 Å². The zero-order valence-corrected chi connectivity index (χ0v) is 10.9. The molecule has 1 aromatic rings. The Kier molecular flexibility index (Phi) is 3.82. The van der Waals surface area contributed by atoms with E-state index < -0.39 is 0 Å². The lowest BCUT2D eigenvalue weighted by atomic mass is 9.99. The summed E-state index contributed by atoms with van der Waals surface area (Å²) in [5.74, 6) is 0.708. The lowest BCUT2D eigenvalue weighted by Crippen LogP contribution is -1.91. The smallest absolute Gasteiger partial charge is 0.162 e. The third-order valence-corrected chi connectivity index (χ3v) is 2.44. The molecule has 4 heteroatoms. The molecule has 0 amide bonds. The van der Waals surface area contributed by atoms with Gasteiger partial charge in [0.05, 0.1) is 6.54 Å². The van der Waals surface area contributed by atoms with Crippen molar-refractivity contribution in [3.63, 3.8) is 0 Å². The fourth-order valence-corrected chi connectivity index (χ4v) is 1.49. The molecule has 0 radical (unpaired) electrons. The third-order valence-electron chi connectivity index (χ3n) is 2.16. The highest BCUT2D eigenvalue weighted by molar-refractivity contribution is 6.04. The lowest BCUT2D eigenvalue weighted by molar-refractivity contribution is 0.457. The highest BCUT2D eigenvalue weighted by Crippen LogP contribution is 2.29. The van der Waals surface area contributed by atoms with Crippen molar-refractivity contribution < 1.29 is 5.11 Å². The minimum atomic E-state index is 0.336. The summed E-state index contributed by atoms with van der Waals surface area (Å²) in [6.45, 7) is 4.61. The molecule has 0 bridgehead atoms. The summed E-state index contributed by atoms with van der Waals surface area (Å²) in [6, 6.07) is 5.78. The number of rotatable bonds is 3. The zero-order valence-electron chi connectivity index (χ0n) is 8.86. The van der Waals surface area contributed by atoms with Crippen LogP contribution in [0.5, 0.6) is 5.75 Å². The third kappa shape index (κ3) is 2.42. The Morgan fingerprint density at radius 1 is 1.43 bits per heavy atom. The van der Waals surface area contributed by atoms with Crippen molar-refractivity contribution in [2.45, 2.75) is 26.3 Å². The number of hydrogen-bond acceptors (Lipinski definition) is 3. The standard InChI is InChI=1S/C10H16N2OSi/c1-7(2)9-5-3-4-8(10(9)13)6-11-12-14/h3-5,7,13H,6H2,1-2,14H3/b12-11+. The highest BCUT2D eigenvalue weighted by Gasteiger charge is 2.08. The largest absolute Gasteiger partial charge is 0.507 e. The average molecular weight is 208 g/mol. The molecule has 0 atom stereocenters. The second-order valence-electron chi connectivity index (χ2n) is 3.51. The van der Waals surface area contributed by atoms with Gasteiger partial charge in [0.25, 0.3) is 0 Å². The molecule has 0 aliphatic carbocycles. The van der Waals surface area contributed by atoms with Crippen molar-refractivity contribution >= 4 is 10.4 Å². The van der Waals surface area contributed by atoms with Gasteiger partial charge in [0.15, 0.2) is 10.4 Å². The van der Waals surface area contributed by atoms with Crippen LogP contribution in [-0.4, -0.2) is 15.5 Å². The van der Waals surface area contributed by atoms with Crippen molar-refractivity contribution in [3.8, 4) is 5.75 Å². The Labute approximate surface area is 87.4 Å². The van der Waals surface area contributed by atoms with Crippen molar-refractivity contribution in [3.05, 3.63) is 29.3 Å². The normalized spacial score (nSPS) is 11.6. The van der Waals surface area contributed by atoms with Gasteiger partial charge in [-0.2, -0.15) is 0 Å². The van der Waals surface area contributed by atoms with Crippen LogP contribution in [0.25, 0.3) is 0 Å². The predicted octanol–water partition coefficient (Wildman–Crippen LogP) is 1.75. The molecule has 0 heterocycles. The van der Waals surface area contributed by atoms with Crippen LogP contribution in [0.3, 0.4) is 0 Å². The molecule has 0 aromatic heterocycles. The molecule has 0 saturated carbocycles. The zero-order chi connectivity index (χ0) is 10.6. The maximum Gasteiger partial charge on any atom is 0.162 e. The van der Waals surface area contributed by atoms with Crippen LogP contribution in [0.15, 0.2) is 28.1 Å². The molecule has 1 rings (SSSR count). The number of para-hydroxylation sites is 1. The summed E-state index contributed by atoms with van der Waals surface area (Å²) in [5, 5.41) is 13.8. The molecule has 0 aliphatic rings. The van der Waals surface area contributed by atoms with E-state index in [2.05, 4.69) is 23.7 Å². The number of phenolic OH excluding ortho intramolecular Hbond substituents is 1. The van der Waals surface area contributed by atoms with E-state index in [4.69, 9.17) is 0 Å². The monoisotopic (exact) mass is 208 g/mol. The number of hydrogen-bond donors (Lipinski definition) is 1. The highest BCUT2D eigenvalue weighted by atomic mass is 28.2. The van der Waals surface area contributed by atoms with Gasteiger partial charge in [-0.15, -0.1) is 0 Å². The summed E-state index contributed by atoms with van der Waals surface area (Å²) < 4.78 is 3.80. The predicted molar refractivity (Wildman–Crippen MR) is 60.7 cm³/mol. The van der Waals surface area contributed by atoms with Gasteiger partial charge in [-0.25, -0.2) is 5.11 Å². The average Bonchev–Trinajstić information content (AvgIpc) is 2.16. The maximum atomic E-state index is 9.90. The van der Waals surface area contributed by atoms with Crippen LogP contribution in [0.1, 0.15) is 30.9 Å². The van der Waals surface area contributed by atoms with Gasteiger partial charge in [-0.3, -0.25) is 4.78 Å². The minimum absolute atomic E-state index is 0.336. The van der Waals surface area contributed by atoms with E-state index in [9.17, 15) is 5.11 Å². The molecule has 76 valence electrons. The first-order valence-electron chi connectivity index (χ1n) is 4.73. The van der Waals surface area contributed by atoms with Gasteiger partial charge in [0, 0.05) is 5.56 Å². The fourth-order valence-electron chi connectivity index (χ4n) is 1.35. The minimum Gasteiger partial charge on any atom is -0.507 e. The van der Waals surface area contributed by atoms with Crippen molar-refractivity contribution in [2.24, 2.45) is 9.89 Å². The van der Waals surface area contributed by atoms with Crippen LogP contribution in [0, 0.1) is 0 Å². The van der Waals surface area contributed by atoms with Gasteiger partial charge < -0.3 is 5.11 Å². The molecule has 0 spiro atoms. The van der Waals surface area contributed by atoms with Crippen molar-refractivity contribution in [1.29, 1.82) is 0 Å². The topological polar surface area (TPSA) is 45.0 Å². The Hall–Kier alpha value is -1.16. The van der Waals surface area contributed by atoms with Gasteiger partial charge in [0.1, 0.15) is 5.75 Å². The number of nitrogens with zero attached hydrogens (tertiary/aromatic N) is 2. The molecular formula is C10H16N2OSi. The van der Waals surface area contributed by atoms with Crippen molar-refractivity contribution in [1.82, 2.24) is 0 Å². The molecular weight excluding hydrogens is 192 g/mol. The Morgan fingerprint density at radius 3 is 2.71 bits per heavy atom. The van der Waals surface area contributed by atoms with Gasteiger partial charge >= 0.3 is 0 Å². The fraction of sp³-hybridized carbons (Fsp3) is 0.400. The van der Waals surface area contributed by atoms with E-state index in [1.54, 1.807) is 0 Å². The Balaban J connectivity index is 3.01. The van der Waals surface area contributed by atoms with E-state index in [0.29, 0.717) is 18.2 Å². The summed E-state index contributed by atoms with van der Waals surface area (Å²) >= 11 is 0. The number of benzene rings is 1. The van der Waals surface area contributed by atoms with E-state index in [1.807, 2.05) is 18.2 Å². The molecule has 1 N–H and O–H groups in total. The van der Waals surface area contributed by atoms with E-state index in [-0.39, 0.29) is 0 Å². The van der Waals surface area contributed by atoms with E-state index in [0.717, 1.165) is 21.5 Å². The molecule has 0 fully saturated rings. The van der Waals surface area contributed by atoms with Crippen LogP contribution >= 0.6 is 0 Å². The van der Waals surface area contributed by atoms with E-state index in [1.165, 1.54) is 0 Å². The lowest BCUT2D eigenvalue weighted by Gasteiger charge is -2.10. The quantitative estimate of drug-likeness (QED) is 0.597. The van der Waals surface area contributed by atoms with Crippen molar-refractivity contribution in [2.75, 3.05) is 0 Å².